The molecule has 4 N–H and O–H groups in total. The topological polar surface area (TPSA) is 153 Å². The maximum atomic E-state index is 13.6. The first kappa shape index (κ1) is 53.2. The molecule has 0 saturated heterocycles. The van der Waals surface area contributed by atoms with E-state index in [0.29, 0.717) is 62.0 Å². The van der Waals surface area contributed by atoms with Crippen LogP contribution in [0.3, 0.4) is 0 Å². The van der Waals surface area contributed by atoms with Gasteiger partial charge in [0.2, 0.25) is 0 Å². The summed E-state index contributed by atoms with van der Waals surface area (Å²) in [6, 6.07) is 17.0. The Bertz CT molecular complexity index is 2300. The van der Waals surface area contributed by atoms with E-state index in [1.807, 2.05) is 0 Å². The highest BCUT2D eigenvalue weighted by atomic mass is 32.2. The third-order valence-corrected chi connectivity index (χ3v) is 16.0. The second-order valence-electron chi connectivity index (χ2n) is 21.9. The molecule has 0 saturated carbocycles. The molecule has 4 aromatic carbocycles. The Hall–Kier alpha value is -4.64. The van der Waals surface area contributed by atoms with E-state index in [9.17, 15) is 19.2 Å². The van der Waals surface area contributed by atoms with Gasteiger partial charge in [0.15, 0.2) is 26.4 Å². The fourth-order valence-electron chi connectivity index (χ4n) is 7.53. The average molecular weight is 1030 g/mol. The van der Waals surface area contributed by atoms with Crippen LogP contribution in [0.4, 0.5) is 0 Å². The fourth-order valence-corrected chi connectivity index (χ4v) is 12.3. The zero-order valence-electron chi connectivity index (χ0n) is 42.6. The Morgan fingerprint density at radius 2 is 0.500 bits per heavy atom. The van der Waals surface area contributed by atoms with Gasteiger partial charge in [0.05, 0.1) is 39.2 Å². The minimum absolute atomic E-state index is 0.257. The van der Waals surface area contributed by atoms with Crippen molar-refractivity contribution in [1.82, 2.24) is 21.3 Å². The summed E-state index contributed by atoms with van der Waals surface area (Å²) < 4.78 is 27.0. The van der Waals surface area contributed by atoms with Crippen molar-refractivity contribution in [1.29, 1.82) is 0 Å². The molecule has 12 nitrogen and oxygen atoms in total. The van der Waals surface area contributed by atoms with Crippen molar-refractivity contribution in [2.45, 2.75) is 157 Å². The molecule has 7 rings (SSSR count). The number of nitrogens with one attached hydrogen (secondary N) is 4. The van der Waals surface area contributed by atoms with Crippen molar-refractivity contribution in [3.8, 4) is 23.0 Å². The van der Waals surface area contributed by atoms with Crippen molar-refractivity contribution in [2.75, 3.05) is 52.6 Å². The molecular weight excluding hydrogens is 961 g/mol. The standard InChI is InChI=1S/C54H68N4O8S4/c1-51(2,3)31-19-35-47-39(23-31)69-40-24-33(53(7,8)9)21-37-49(40)65-29-45(61)57-17-14-18-58-46(62)30-66-50-38(68-37)22-34(54(10,11)12)26-42(50)70-41-25-32(52(4,5)6)20-36(67-35)48(41)64-28-44(60)56-16-13-15-55-43(59)27-63-47/h19-26H,13-18,27-30H2,1-12H3,(H,55,59)(H,56,60)(H,57,61)(H,58,62). The highest BCUT2D eigenvalue weighted by Gasteiger charge is 2.31. The average Bonchev–Trinajstić information content (AvgIpc) is 3.25. The van der Waals surface area contributed by atoms with Gasteiger partial charge < -0.3 is 40.2 Å². The van der Waals surface area contributed by atoms with E-state index in [1.54, 1.807) is 0 Å². The molecule has 0 radical (unpaired) electrons. The third kappa shape index (κ3) is 13.4. The second kappa shape index (κ2) is 21.6. The number of rotatable bonds is 0. The van der Waals surface area contributed by atoms with Crippen LogP contribution < -0.4 is 40.2 Å². The zero-order valence-corrected chi connectivity index (χ0v) is 45.9. The molecule has 12 bridgehead atoms. The lowest BCUT2D eigenvalue weighted by atomic mass is 9.87. The molecule has 0 unspecified atom stereocenters. The van der Waals surface area contributed by atoms with E-state index in [4.69, 9.17) is 18.9 Å². The van der Waals surface area contributed by atoms with Crippen LogP contribution in [0.15, 0.2) is 87.7 Å². The van der Waals surface area contributed by atoms with E-state index >= 15 is 0 Å². The first-order valence-electron chi connectivity index (χ1n) is 23.9. The smallest absolute Gasteiger partial charge is 0.257 e. The van der Waals surface area contributed by atoms with E-state index in [1.165, 1.54) is 47.0 Å². The number of amides is 4. The summed E-state index contributed by atoms with van der Waals surface area (Å²) in [5.41, 5.74) is 2.75. The number of carbonyl (C=O) groups excluding carboxylic acids is 4. The van der Waals surface area contributed by atoms with Gasteiger partial charge in [-0.1, -0.05) is 130 Å². The van der Waals surface area contributed by atoms with E-state index < -0.39 is 0 Å². The second-order valence-corrected chi connectivity index (χ2v) is 26.2. The Labute approximate surface area is 430 Å². The summed E-state index contributed by atoms with van der Waals surface area (Å²) in [5.74, 6) is 0.826. The highest BCUT2D eigenvalue weighted by molar-refractivity contribution is 8.01. The quantitative estimate of drug-likeness (QED) is 0.117. The zero-order chi connectivity index (χ0) is 50.8. The Morgan fingerprint density at radius 1 is 0.329 bits per heavy atom. The summed E-state index contributed by atoms with van der Waals surface area (Å²) >= 11 is 5.84. The van der Waals surface area contributed by atoms with Crippen LogP contribution in [-0.2, 0) is 40.8 Å². The number of hydrogen-bond acceptors (Lipinski definition) is 12. The predicted molar refractivity (Wildman–Crippen MR) is 280 cm³/mol. The van der Waals surface area contributed by atoms with E-state index in [0.717, 1.165) is 61.4 Å². The van der Waals surface area contributed by atoms with Crippen molar-refractivity contribution in [3.63, 3.8) is 0 Å². The van der Waals surface area contributed by atoms with Crippen LogP contribution in [0.25, 0.3) is 0 Å². The van der Waals surface area contributed by atoms with Crippen LogP contribution in [-0.4, -0.2) is 76.2 Å². The lowest BCUT2D eigenvalue weighted by Gasteiger charge is -2.28. The van der Waals surface area contributed by atoms with E-state index in [2.05, 4.69) is 153 Å². The Morgan fingerprint density at radius 3 is 0.657 bits per heavy atom. The molecule has 376 valence electrons. The molecule has 0 aliphatic carbocycles. The van der Waals surface area contributed by atoms with Gasteiger partial charge in [-0.15, -0.1) is 0 Å². The summed E-state index contributed by atoms with van der Waals surface area (Å²) in [6.45, 7) is 26.3. The van der Waals surface area contributed by atoms with Crippen LogP contribution in [0.1, 0.15) is 118 Å². The molecule has 0 atom stereocenters. The van der Waals surface area contributed by atoms with Crippen LogP contribution in [0, 0.1) is 0 Å². The third-order valence-electron chi connectivity index (χ3n) is 11.8. The molecular formula is C54H68N4O8S4. The largest absolute Gasteiger partial charge is 0.481 e. The van der Waals surface area contributed by atoms with Crippen molar-refractivity contribution in [3.05, 3.63) is 70.8 Å². The number of ether oxygens (including phenoxy) is 4. The molecule has 16 heteroatoms. The first-order valence-corrected chi connectivity index (χ1v) is 27.1. The molecule has 3 heterocycles. The summed E-state index contributed by atoms with van der Waals surface area (Å²) in [7, 11) is 0. The van der Waals surface area contributed by atoms with Crippen LogP contribution >= 0.6 is 47.0 Å². The summed E-state index contributed by atoms with van der Waals surface area (Å²) in [6.07, 6.45) is 1.01. The van der Waals surface area contributed by atoms with Gasteiger partial charge in [-0.05, 0) is 105 Å². The number of benzene rings is 4. The summed E-state index contributed by atoms with van der Waals surface area (Å²) in [4.78, 5) is 60.2. The fraction of sp³-hybridized carbons (Fsp3) is 0.481. The highest BCUT2D eigenvalue weighted by Crippen LogP contribution is 2.56. The maximum absolute atomic E-state index is 13.6. The first-order chi connectivity index (χ1) is 32.8. The summed E-state index contributed by atoms with van der Waals surface area (Å²) in [5, 5.41) is 11.8. The van der Waals surface area contributed by atoms with Gasteiger partial charge in [0.1, 0.15) is 23.0 Å². The molecule has 3 aliphatic rings. The SMILES string of the molecule is CC(C)(C)c1cc2c3c(c1)Sc1cc(C(C)(C)C)cc4c1OCC(=O)NCCCNC(=O)COc1c(cc(C(C)(C)C)cc1Sc1cc(C(C)(C)C)cc(c1OCC(=O)NCCCNC(=O)CO3)S2)S4. The maximum Gasteiger partial charge on any atom is 0.257 e. The number of hydrogen-bond donors (Lipinski definition) is 4. The molecule has 4 aromatic rings. The number of carbonyl (C=O) groups is 4. The minimum atomic E-state index is -0.334. The van der Waals surface area contributed by atoms with Crippen molar-refractivity contribution >= 4 is 70.7 Å². The van der Waals surface area contributed by atoms with Gasteiger partial charge in [-0.25, -0.2) is 0 Å². The van der Waals surface area contributed by atoms with Crippen molar-refractivity contribution < 1.29 is 38.1 Å². The van der Waals surface area contributed by atoms with Gasteiger partial charge >= 0.3 is 0 Å². The van der Waals surface area contributed by atoms with Gasteiger partial charge in [0, 0.05) is 26.2 Å². The molecule has 0 fully saturated rings. The van der Waals surface area contributed by atoms with Gasteiger partial charge in [-0.3, -0.25) is 19.2 Å². The lowest BCUT2D eigenvalue weighted by Crippen LogP contribution is -2.34. The van der Waals surface area contributed by atoms with Gasteiger partial charge in [-0.2, -0.15) is 0 Å². The molecule has 70 heavy (non-hydrogen) atoms. The Kier molecular flexibility index (Phi) is 16.4. The van der Waals surface area contributed by atoms with Gasteiger partial charge in [0.25, 0.3) is 23.6 Å². The molecule has 4 amide bonds. The lowest BCUT2D eigenvalue weighted by molar-refractivity contribution is -0.124. The Balaban J connectivity index is 1.65. The van der Waals surface area contributed by atoms with Crippen molar-refractivity contribution in [2.24, 2.45) is 0 Å². The monoisotopic (exact) mass is 1030 g/mol. The molecule has 3 aliphatic heterocycles. The molecule has 0 aromatic heterocycles. The van der Waals surface area contributed by atoms with E-state index in [-0.39, 0.29) is 71.7 Å². The predicted octanol–water partition coefficient (Wildman–Crippen LogP) is 10.6. The minimum Gasteiger partial charge on any atom is -0.481 e. The molecule has 0 spiro atoms. The normalized spacial score (nSPS) is 17.1. The van der Waals surface area contributed by atoms with Crippen LogP contribution in [0.5, 0.6) is 23.0 Å². The van der Waals surface area contributed by atoms with Crippen LogP contribution in [0.2, 0.25) is 0 Å².